The van der Waals surface area contributed by atoms with E-state index in [1.807, 2.05) is 0 Å². The lowest BCUT2D eigenvalue weighted by Crippen LogP contribution is -1.94. The number of alkyl halides is 1. The van der Waals surface area contributed by atoms with Gasteiger partial charge in [0, 0.05) is 0 Å². The van der Waals surface area contributed by atoms with Crippen LogP contribution in [-0.4, -0.2) is 0 Å². The molecule has 0 amide bonds. The van der Waals surface area contributed by atoms with Gasteiger partial charge < -0.3 is 0 Å². The molecule has 0 radical (unpaired) electrons. The highest BCUT2D eigenvalue weighted by atomic mass is 35.5. The number of fused-ring (bicyclic) bond motifs is 1. The quantitative estimate of drug-likeness (QED) is 0.558. The van der Waals surface area contributed by atoms with Gasteiger partial charge in [0.25, 0.3) is 0 Å². The van der Waals surface area contributed by atoms with Gasteiger partial charge in [0.15, 0.2) is 0 Å². The van der Waals surface area contributed by atoms with E-state index in [1.165, 1.54) is 21.9 Å². The van der Waals surface area contributed by atoms with Crippen molar-refractivity contribution in [3.05, 3.63) is 70.4 Å². The normalized spacial score (nSPS) is 12.7. The summed E-state index contributed by atoms with van der Waals surface area (Å²) in [6, 6.07) is 17.1. The molecule has 3 aromatic rings. The van der Waals surface area contributed by atoms with Crippen LogP contribution in [0.2, 0.25) is 0 Å². The SMILES string of the molecule is ClC(Cc1ccc2ccccc2c1)c1ccsc1. The van der Waals surface area contributed by atoms with Crippen molar-refractivity contribution in [2.75, 3.05) is 0 Å². The summed E-state index contributed by atoms with van der Waals surface area (Å²) < 4.78 is 0. The van der Waals surface area contributed by atoms with Gasteiger partial charge in [-0.15, -0.1) is 11.6 Å². The third-order valence-corrected chi connectivity index (χ3v) is 4.24. The standard InChI is InChI=1S/C16H13ClS/c17-16(15-7-8-18-11-15)10-12-5-6-13-3-1-2-4-14(13)9-12/h1-9,11,16H,10H2. The first-order valence-corrected chi connectivity index (χ1v) is 7.35. The van der Waals surface area contributed by atoms with Crippen LogP contribution >= 0.6 is 22.9 Å². The van der Waals surface area contributed by atoms with Crippen LogP contribution in [0.3, 0.4) is 0 Å². The molecule has 0 saturated heterocycles. The van der Waals surface area contributed by atoms with Gasteiger partial charge in [-0.1, -0.05) is 42.5 Å². The molecule has 0 nitrogen and oxygen atoms in total. The molecule has 0 fully saturated rings. The number of thiophene rings is 1. The molecular weight excluding hydrogens is 260 g/mol. The zero-order valence-corrected chi connectivity index (χ0v) is 11.4. The molecule has 1 unspecified atom stereocenters. The van der Waals surface area contributed by atoms with Crippen molar-refractivity contribution >= 4 is 33.7 Å². The summed E-state index contributed by atoms with van der Waals surface area (Å²) >= 11 is 8.14. The molecule has 90 valence electrons. The fourth-order valence-corrected chi connectivity index (χ4v) is 3.25. The monoisotopic (exact) mass is 272 g/mol. The number of hydrogen-bond acceptors (Lipinski definition) is 1. The summed E-state index contributed by atoms with van der Waals surface area (Å²) in [5, 5.41) is 6.83. The lowest BCUT2D eigenvalue weighted by Gasteiger charge is -2.08. The number of rotatable bonds is 3. The number of benzene rings is 2. The third kappa shape index (κ3) is 2.43. The Balaban J connectivity index is 1.86. The Morgan fingerprint density at radius 3 is 2.61 bits per heavy atom. The smallest absolute Gasteiger partial charge is 0.0633 e. The maximum absolute atomic E-state index is 6.44. The Hall–Kier alpha value is -1.31. The van der Waals surface area contributed by atoms with Crippen molar-refractivity contribution in [2.45, 2.75) is 11.8 Å². The molecular formula is C16H13ClS. The van der Waals surface area contributed by atoms with Crippen LogP contribution in [-0.2, 0) is 6.42 Å². The van der Waals surface area contributed by atoms with Gasteiger partial charge >= 0.3 is 0 Å². The van der Waals surface area contributed by atoms with Crippen molar-refractivity contribution in [2.24, 2.45) is 0 Å². The van der Waals surface area contributed by atoms with E-state index in [2.05, 4.69) is 59.3 Å². The molecule has 0 N–H and O–H groups in total. The first-order valence-electron chi connectivity index (χ1n) is 5.97. The minimum absolute atomic E-state index is 0.0670. The molecule has 0 bridgehead atoms. The van der Waals surface area contributed by atoms with Gasteiger partial charge in [-0.2, -0.15) is 11.3 Å². The summed E-state index contributed by atoms with van der Waals surface area (Å²) in [5.74, 6) is 0. The van der Waals surface area contributed by atoms with Crippen molar-refractivity contribution in [1.82, 2.24) is 0 Å². The molecule has 1 aromatic heterocycles. The minimum atomic E-state index is 0.0670. The zero-order valence-electron chi connectivity index (χ0n) is 9.84. The van der Waals surface area contributed by atoms with Crippen LogP contribution in [0.25, 0.3) is 10.8 Å². The molecule has 0 aliphatic carbocycles. The fourth-order valence-electron chi connectivity index (χ4n) is 2.14. The molecule has 0 spiro atoms. The summed E-state index contributed by atoms with van der Waals surface area (Å²) in [7, 11) is 0. The molecule has 0 saturated carbocycles. The Kier molecular flexibility index (Phi) is 3.35. The van der Waals surface area contributed by atoms with E-state index >= 15 is 0 Å². The van der Waals surface area contributed by atoms with E-state index < -0.39 is 0 Å². The van der Waals surface area contributed by atoms with E-state index in [1.54, 1.807) is 11.3 Å². The van der Waals surface area contributed by atoms with Crippen LogP contribution in [0.15, 0.2) is 59.3 Å². The van der Waals surface area contributed by atoms with E-state index in [-0.39, 0.29) is 5.38 Å². The number of hydrogen-bond donors (Lipinski definition) is 0. The maximum atomic E-state index is 6.44. The average molecular weight is 273 g/mol. The zero-order chi connectivity index (χ0) is 12.4. The Morgan fingerprint density at radius 1 is 1.00 bits per heavy atom. The fraction of sp³-hybridized carbons (Fsp3) is 0.125. The Morgan fingerprint density at radius 2 is 1.83 bits per heavy atom. The highest BCUT2D eigenvalue weighted by molar-refractivity contribution is 7.08. The summed E-state index contributed by atoms with van der Waals surface area (Å²) in [4.78, 5) is 0. The van der Waals surface area contributed by atoms with Gasteiger partial charge in [0.2, 0.25) is 0 Å². The van der Waals surface area contributed by atoms with Gasteiger partial charge in [-0.25, -0.2) is 0 Å². The molecule has 3 rings (SSSR count). The second kappa shape index (κ2) is 5.13. The van der Waals surface area contributed by atoms with E-state index in [4.69, 9.17) is 11.6 Å². The van der Waals surface area contributed by atoms with Gasteiger partial charge in [-0.05, 0) is 45.1 Å². The van der Waals surface area contributed by atoms with Crippen molar-refractivity contribution in [1.29, 1.82) is 0 Å². The van der Waals surface area contributed by atoms with Crippen LogP contribution < -0.4 is 0 Å². The lowest BCUT2D eigenvalue weighted by molar-refractivity contribution is 0.927. The highest BCUT2D eigenvalue weighted by Crippen LogP contribution is 2.27. The topological polar surface area (TPSA) is 0 Å². The first-order chi connectivity index (χ1) is 8.83. The lowest BCUT2D eigenvalue weighted by atomic mass is 10.0. The minimum Gasteiger partial charge on any atom is -0.152 e. The highest BCUT2D eigenvalue weighted by Gasteiger charge is 2.09. The predicted octanol–water partition coefficient (Wildman–Crippen LogP) is 5.42. The van der Waals surface area contributed by atoms with Gasteiger partial charge in [0.05, 0.1) is 5.38 Å². The van der Waals surface area contributed by atoms with E-state index in [0.717, 1.165) is 6.42 Å². The maximum Gasteiger partial charge on any atom is 0.0633 e. The average Bonchev–Trinajstić information content (AvgIpc) is 2.92. The molecule has 18 heavy (non-hydrogen) atoms. The van der Waals surface area contributed by atoms with Gasteiger partial charge in [0.1, 0.15) is 0 Å². The van der Waals surface area contributed by atoms with Crippen LogP contribution in [0.4, 0.5) is 0 Å². The Bertz CT molecular complexity index is 643. The molecule has 0 aliphatic rings. The van der Waals surface area contributed by atoms with E-state index in [0.29, 0.717) is 0 Å². The van der Waals surface area contributed by atoms with Crippen molar-refractivity contribution in [3.8, 4) is 0 Å². The largest absolute Gasteiger partial charge is 0.152 e. The molecule has 2 aromatic carbocycles. The number of halogens is 1. The van der Waals surface area contributed by atoms with E-state index in [9.17, 15) is 0 Å². The summed E-state index contributed by atoms with van der Waals surface area (Å²) in [6.07, 6.45) is 0.878. The molecule has 0 aliphatic heterocycles. The Labute approximate surface area is 116 Å². The summed E-state index contributed by atoms with van der Waals surface area (Å²) in [5.41, 5.74) is 2.51. The van der Waals surface area contributed by atoms with Crippen molar-refractivity contribution in [3.63, 3.8) is 0 Å². The second-order valence-electron chi connectivity index (χ2n) is 4.41. The molecule has 2 heteroatoms. The molecule has 1 atom stereocenters. The summed E-state index contributed by atoms with van der Waals surface area (Å²) in [6.45, 7) is 0. The predicted molar refractivity (Wildman–Crippen MR) is 80.6 cm³/mol. The van der Waals surface area contributed by atoms with Crippen molar-refractivity contribution < 1.29 is 0 Å². The van der Waals surface area contributed by atoms with Crippen LogP contribution in [0.5, 0.6) is 0 Å². The third-order valence-electron chi connectivity index (χ3n) is 3.13. The second-order valence-corrected chi connectivity index (χ2v) is 5.72. The van der Waals surface area contributed by atoms with Crippen LogP contribution in [0, 0.1) is 0 Å². The molecule has 1 heterocycles. The first kappa shape index (κ1) is 11.8. The van der Waals surface area contributed by atoms with Gasteiger partial charge in [-0.3, -0.25) is 0 Å². The van der Waals surface area contributed by atoms with Crippen LogP contribution in [0.1, 0.15) is 16.5 Å².